The molecule has 0 atom stereocenters. The van der Waals surface area contributed by atoms with E-state index in [0.29, 0.717) is 5.39 Å². The van der Waals surface area contributed by atoms with E-state index in [0.717, 1.165) is 0 Å². The van der Waals surface area contributed by atoms with Crippen LogP contribution in [0.1, 0.15) is 22.5 Å². The summed E-state index contributed by atoms with van der Waals surface area (Å²) >= 11 is 0. The number of carbonyl (C=O) groups is 1. The molecule has 1 aromatic carbocycles. The van der Waals surface area contributed by atoms with Gasteiger partial charge >= 0.3 is 5.97 Å². The number of para-hydroxylation sites is 1. The maximum absolute atomic E-state index is 12.5. The van der Waals surface area contributed by atoms with Gasteiger partial charge in [-0.05, 0) is 6.07 Å². The molecule has 15 heavy (non-hydrogen) atoms. The number of aromatic amines is 1. The van der Waals surface area contributed by atoms with Crippen molar-refractivity contribution >= 4 is 16.9 Å². The van der Waals surface area contributed by atoms with Crippen molar-refractivity contribution in [3.05, 3.63) is 35.5 Å². The summed E-state index contributed by atoms with van der Waals surface area (Å²) in [5.74, 6) is -1.16. The smallest absolute Gasteiger partial charge is 0.352 e. The summed E-state index contributed by atoms with van der Waals surface area (Å²) in [5.41, 5.74) is -0.0806. The van der Waals surface area contributed by atoms with Gasteiger partial charge in [0.1, 0.15) is 5.69 Å². The second-order valence-corrected chi connectivity index (χ2v) is 3.10. The summed E-state index contributed by atoms with van der Waals surface area (Å²) in [4.78, 5) is 13.1. The Labute approximate surface area is 83.3 Å². The van der Waals surface area contributed by atoms with Crippen LogP contribution in [-0.2, 0) is 0 Å². The highest BCUT2D eigenvalue weighted by atomic mass is 19.3. The van der Waals surface area contributed by atoms with Crippen LogP contribution in [0.5, 0.6) is 0 Å². The Kier molecular flexibility index (Phi) is 2.15. The van der Waals surface area contributed by atoms with Crippen LogP contribution in [-0.4, -0.2) is 16.1 Å². The second kappa shape index (κ2) is 3.34. The predicted octanol–water partition coefficient (Wildman–Crippen LogP) is 2.80. The van der Waals surface area contributed by atoms with Gasteiger partial charge in [-0.1, -0.05) is 18.2 Å². The van der Waals surface area contributed by atoms with Gasteiger partial charge < -0.3 is 10.1 Å². The van der Waals surface area contributed by atoms with Crippen molar-refractivity contribution in [3.63, 3.8) is 0 Å². The zero-order chi connectivity index (χ0) is 11.0. The van der Waals surface area contributed by atoms with Gasteiger partial charge in [-0.25, -0.2) is 13.6 Å². The summed E-state index contributed by atoms with van der Waals surface area (Å²) < 4.78 is 25.1. The maximum Gasteiger partial charge on any atom is 0.352 e. The zero-order valence-corrected chi connectivity index (χ0v) is 7.50. The van der Waals surface area contributed by atoms with E-state index in [-0.39, 0.29) is 16.8 Å². The molecule has 2 N–H and O–H groups in total. The molecule has 0 amide bonds. The molecule has 0 fully saturated rings. The van der Waals surface area contributed by atoms with E-state index in [1.165, 1.54) is 18.2 Å². The van der Waals surface area contributed by atoms with E-state index in [1.54, 1.807) is 6.07 Å². The minimum atomic E-state index is -2.62. The monoisotopic (exact) mass is 211 g/mol. The van der Waals surface area contributed by atoms with Gasteiger partial charge in [0.05, 0.1) is 5.52 Å². The summed E-state index contributed by atoms with van der Waals surface area (Å²) in [6, 6.07) is 5.67. The number of carboxylic acids is 1. The number of rotatable bonds is 2. The molecule has 0 spiro atoms. The largest absolute Gasteiger partial charge is 0.477 e. The van der Waals surface area contributed by atoms with Crippen molar-refractivity contribution in [2.45, 2.75) is 6.43 Å². The number of hydrogen-bond acceptors (Lipinski definition) is 1. The summed E-state index contributed by atoms with van der Waals surface area (Å²) in [6.07, 6.45) is -2.62. The SMILES string of the molecule is O=C(O)c1cc2cccc(C(F)F)c2[nH]1. The zero-order valence-electron chi connectivity index (χ0n) is 7.50. The number of aromatic carboxylic acids is 1. The first-order valence-corrected chi connectivity index (χ1v) is 4.22. The molecule has 0 saturated carbocycles. The number of aromatic nitrogens is 1. The van der Waals surface area contributed by atoms with E-state index in [1.807, 2.05) is 0 Å². The number of hydrogen-bond donors (Lipinski definition) is 2. The van der Waals surface area contributed by atoms with Gasteiger partial charge in [0.2, 0.25) is 0 Å². The first kappa shape index (κ1) is 9.64. The van der Waals surface area contributed by atoms with Crippen LogP contribution in [0.25, 0.3) is 10.9 Å². The molecule has 0 bridgehead atoms. The van der Waals surface area contributed by atoms with Crippen molar-refractivity contribution < 1.29 is 18.7 Å². The van der Waals surface area contributed by atoms with Crippen LogP contribution in [0.3, 0.4) is 0 Å². The van der Waals surface area contributed by atoms with Gasteiger partial charge in [-0.15, -0.1) is 0 Å². The van der Waals surface area contributed by atoms with Crippen LogP contribution < -0.4 is 0 Å². The molecular formula is C10H7F2NO2. The topological polar surface area (TPSA) is 53.1 Å². The first-order chi connectivity index (χ1) is 7.09. The Balaban J connectivity index is 2.69. The van der Waals surface area contributed by atoms with Crippen molar-refractivity contribution in [1.82, 2.24) is 4.98 Å². The molecule has 0 aliphatic heterocycles. The average Bonchev–Trinajstić information content (AvgIpc) is 2.60. The third-order valence-electron chi connectivity index (χ3n) is 2.15. The Bertz CT molecular complexity index is 519. The lowest BCUT2D eigenvalue weighted by atomic mass is 10.1. The third kappa shape index (κ3) is 1.56. The fourth-order valence-corrected chi connectivity index (χ4v) is 1.48. The van der Waals surface area contributed by atoms with Gasteiger partial charge in [-0.2, -0.15) is 0 Å². The molecule has 3 nitrogen and oxygen atoms in total. The van der Waals surface area contributed by atoms with Crippen LogP contribution in [0, 0.1) is 0 Å². The van der Waals surface area contributed by atoms with E-state index < -0.39 is 12.4 Å². The molecule has 2 aromatic rings. The highest BCUT2D eigenvalue weighted by Crippen LogP contribution is 2.27. The lowest BCUT2D eigenvalue weighted by Gasteiger charge is -2.00. The summed E-state index contributed by atoms with van der Waals surface area (Å²) in [7, 11) is 0. The maximum atomic E-state index is 12.5. The number of benzene rings is 1. The molecule has 0 unspecified atom stereocenters. The van der Waals surface area contributed by atoms with Gasteiger partial charge in [-0.3, -0.25) is 0 Å². The number of alkyl halides is 2. The quantitative estimate of drug-likeness (QED) is 0.802. The van der Waals surface area contributed by atoms with Crippen molar-refractivity contribution in [1.29, 1.82) is 0 Å². The standard InChI is InChI=1S/C10H7F2NO2/c11-9(12)6-3-1-2-5-4-7(10(14)15)13-8(5)6/h1-4,9,13H,(H,14,15). The molecule has 0 aliphatic rings. The second-order valence-electron chi connectivity index (χ2n) is 3.10. The Morgan fingerprint density at radius 3 is 2.73 bits per heavy atom. The number of fused-ring (bicyclic) bond motifs is 1. The number of carboxylic acid groups (broad SMARTS) is 1. The minimum Gasteiger partial charge on any atom is -0.477 e. The Hall–Kier alpha value is -1.91. The molecule has 78 valence electrons. The van der Waals surface area contributed by atoms with E-state index in [2.05, 4.69) is 4.98 Å². The minimum absolute atomic E-state index is 0.0851. The number of H-pyrrole nitrogens is 1. The lowest BCUT2D eigenvalue weighted by Crippen LogP contribution is -1.95. The van der Waals surface area contributed by atoms with E-state index >= 15 is 0 Å². The molecule has 1 aromatic heterocycles. The Morgan fingerprint density at radius 1 is 1.40 bits per heavy atom. The van der Waals surface area contributed by atoms with Crippen LogP contribution in [0.4, 0.5) is 8.78 Å². The van der Waals surface area contributed by atoms with E-state index in [9.17, 15) is 13.6 Å². The molecule has 0 saturated heterocycles. The molecule has 1 heterocycles. The van der Waals surface area contributed by atoms with Crippen molar-refractivity contribution in [2.75, 3.05) is 0 Å². The molecule has 5 heteroatoms. The van der Waals surface area contributed by atoms with Crippen molar-refractivity contribution in [2.24, 2.45) is 0 Å². The predicted molar refractivity (Wildman–Crippen MR) is 50.2 cm³/mol. The van der Waals surface area contributed by atoms with Gasteiger partial charge in [0.25, 0.3) is 6.43 Å². The Morgan fingerprint density at radius 2 is 2.13 bits per heavy atom. The van der Waals surface area contributed by atoms with Crippen LogP contribution in [0.15, 0.2) is 24.3 Å². The molecule has 0 radical (unpaired) electrons. The molecule has 2 rings (SSSR count). The van der Waals surface area contributed by atoms with Crippen molar-refractivity contribution in [3.8, 4) is 0 Å². The summed E-state index contributed by atoms with van der Waals surface area (Å²) in [5, 5.41) is 9.17. The lowest BCUT2D eigenvalue weighted by molar-refractivity contribution is 0.0691. The van der Waals surface area contributed by atoms with Crippen LogP contribution in [0.2, 0.25) is 0 Å². The third-order valence-corrected chi connectivity index (χ3v) is 2.15. The number of nitrogens with one attached hydrogen (secondary N) is 1. The van der Waals surface area contributed by atoms with E-state index in [4.69, 9.17) is 5.11 Å². The molecule has 0 aliphatic carbocycles. The number of halogens is 2. The summed E-state index contributed by atoms with van der Waals surface area (Å²) in [6.45, 7) is 0. The average molecular weight is 211 g/mol. The van der Waals surface area contributed by atoms with Gasteiger partial charge in [0.15, 0.2) is 0 Å². The highest BCUT2D eigenvalue weighted by molar-refractivity contribution is 5.94. The fraction of sp³-hybridized carbons (Fsp3) is 0.100. The van der Waals surface area contributed by atoms with Gasteiger partial charge in [0, 0.05) is 10.9 Å². The fourth-order valence-electron chi connectivity index (χ4n) is 1.48. The molecular weight excluding hydrogens is 204 g/mol. The van der Waals surface area contributed by atoms with Crippen LogP contribution >= 0.6 is 0 Å². The first-order valence-electron chi connectivity index (χ1n) is 4.22. The highest BCUT2D eigenvalue weighted by Gasteiger charge is 2.15. The normalized spacial score (nSPS) is 11.1.